The quantitative estimate of drug-likeness (QED) is 0.501. The summed E-state index contributed by atoms with van der Waals surface area (Å²) in [5, 5.41) is 3.48. The fourth-order valence-electron chi connectivity index (χ4n) is 1.92. The van der Waals surface area contributed by atoms with Gasteiger partial charge in [0, 0.05) is 11.6 Å². The molecule has 1 aromatic heterocycles. The first-order valence-electron chi connectivity index (χ1n) is 6.33. The lowest BCUT2D eigenvalue weighted by Crippen LogP contribution is -2.21. The smallest absolute Gasteiger partial charge is 0.148 e. The summed E-state index contributed by atoms with van der Waals surface area (Å²) in [6.45, 7) is 6.45. The molecule has 0 aliphatic carbocycles. The lowest BCUT2D eigenvalue weighted by molar-refractivity contribution is 0.619. The summed E-state index contributed by atoms with van der Waals surface area (Å²) < 4.78 is 0. The van der Waals surface area contributed by atoms with Crippen LogP contribution in [0.25, 0.3) is 0 Å². The van der Waals surface area contributed by atoms with E-state index in [2.05, 4.69) is 41.5 Å². The van der Waals surface area contributed by atoms with Crippen LogP contribution in [0, 0.1) is 0 Å². The number of rotatable bonds is 7. The van der Waals surface area contributed by atoms with Gasteiger partial charge < -0.3 is 10.7 Å². The molecule has 0 fully saturated rings. The van der Waals surface area contributed by atoms with E-state index in [1.807, 2.05) is 0 Å². The minimum atomic E-state index is 0.464. The molecule has 5 nitrogen and oxygen atoms in total. The van der Waals surface area contributed by atoms with Gasteiger partial charge in [0.25, 0.3) is 0 Å². The van der Waals surface area contributed by atoms with Gasteiger partial charge in [-0.1, -0.05) is 27.2 Å². The largest absolute Gasteiger partial charge is 0.367 e. The van der Waals surface area contributed by atoms with E-state index in [4.69, 9.17) is 5.84 Å². The predicted octanol–water partition coefficient (Wildman–Crippen LogP) is 2.32. The number of nitrogen functional groups attached to an aromatic ring is 1. The average Bonchev–Trinajstić information content (AvgIpc) is 2.37. The summed E-state index contributed by atoms with van der Waals surface area (Å²) in [4.78, 5) is 8.43. The Labute approximate surface area is 103 Å². The van der Waals surface area contributed by atoms with Crippen LogP contribution in [0.5, 0.6) is 0 Å². The Kier molecular flexibility index (Phi) is 5.69. The molecule has 4 N–H and O–H groups in total. The zero-order valence-electron chi connectivity index (χ0n) is 11.0. The topological polar surface area (TPSA) is 75.9 Å². The molecule has 5 heteroatoms. The molecule has 0 saturated carbocycles. The van der Waals surface area contributed by atoms with Crippen LogP contribution in [0.2, 0.25) is 0 Å². The van der Waals surface area contributed by atoms with Crippen LogP contribution in [0.4, 0.5) is 11.6 Å². The fourth-order valence-corrected chi connectivity index (χ4v) is 1.92. The molecule has 0 spiro atoms. The molecule has 96 valence electrons. The number of anilines is 2. The first-order chi connectivity index (χ1) is 8.26. The number of nitrogens with zero attached hydrogens (tertiary/aromatic N) is 2. The molecular formula is C12H23N5. The van der Waals surface area contributed by atoms with Crippen molar-refractivity contribution in [2.75, 3.05) is 10.7 Å². The SMILES string of the molecule is CCCC(CC)Nc1ncnc(NN)c1CC. The maximum Gasteiger partial charge on any atom is 0.148 e. The predicted molar refractivity (Wildman–Crippen MR) is 71.8 cm³/mol. The summed E-state index contributed by atoms with van der Waals surface area (Å²) in [5.41, 5.74) is 3.66. The number of nitrogens with one attached hydrogen (secondary N) is 2. The first kappa shape index (κ1) is 13.7. The molecule has 0 aromatic carbocycles. The number of hydrogen-bond donors (Lipinski definition) is 3. The molecule has 1 unspecified atom stereocenters. The van der Waals surface area contributed by atoms with Gasteiger partial charge in [-0.3, -0.25) is 0 Å². The van der Waals surface area contributed by atoms with E-state index < -0.39 is 0 Å². The lowest BCUT2D eigenvalue weighted by Gasteiger charge is -2.19. The Hall–Kier alpha value is -1.36. The van der Waals surface area contributed by atoms with Crippen LogP contribution in [0.1, 0.15) is 45.6 Å². The maximum atomic E-state index is 5.45. The van der Waals surface area contributed by atoms with Crippen LogP contribution < -0.4 is 16.6 Å². The van der Waals surface area contributed by atoms with E-state index in [0.29, 0.717) is 11.9 Å². The lowest BCUT2D eigenvalue weighted by atomic mass is 10.1. The van der Waals surface area contributed by atoms with Crippen LogP contribution >= 0.6 is 0 Å². The third kappa shape index (κ3) is 3.56. The highest BCUT2D eigenvalue weighted by Gasteiger charge is 2.12. The van der Waals surface area contributed by atoms with E-state index in [-0.39, 0.29) is 0 Å². The molecule has 0 saturated heterocycles. The minimum absolute atomic E-state index is 0.464. The van der Waals surface area contributed by atoms with Crippen molar-refractivity contribution in [3.63, 3.8) is 0 Å². The number of nitrogens with two attached hydrogens (primary N) is 1. The second-order valence-corrected chi connectivity index (χ2v) is 4.09. The molecule has 0 aliphatic rings. The molecular weight excluding hydrogens is 214 g/mol. The summed E-state index contributed by atoms with van der Waals surface area (Å²) in [6.07, 6.45) is 5.79. The maximum absolute atomic E-state index is 5.45. The number of hydrazine groups is 1. The Morgan fingerprint density at radius 3 is 2.47 bits per heavy atom. The van der Waals surface area contributed by atoms with Gasteiger partial charge in [0.05, 0.1) is 0 Å². The highest BCUT2D eigenvalue weighted by Crippen LogP contribution is 2.21. The highest BCUT2D eigenvalue weighted by molar-refractivity contribution is 5.57. The summed E-state index contributed by atoms with van der Waals surface area (Å²) in [7, 11) is 0. The van der Waals surface area contributed by atoms with Crippen molar-refractivity contribution in [3.8, 4) is 0 Å². The Balaban J connectivity index is 2.88. The van der Waals surface area contributed by atoms with Crippen molar-refractivity contribution in [3.05, 3.63) is 11.9 Å². The Morgan fingerprint density at radius 2 is 1.94 bits per heavy atom. The molecule has 1 atom stereocenters. The second kappa shape index (κ2) is 7.06. The Morgan fingerprint density at radius 1 is 1.24 bits per heavy atom. The minimum Gasteiger partial charge on any atom is -0.367 e. The fraction of sp³-hybridized carbons (Fsp3) is 0.667. The molecule has 1 rings (SSSR count). The van der Waals surface area contributed by atoms with Crippen molar-refractivity contribution in [1.29, 1.82) is 0 Å². The van der Waals surface area contributed by atoms with Crippen LogP contribution in [0.15, 0.2) is 6.33 Å². The second-order valence-electron chi connectivity index (χ2n) is 4.09. The van der Waals surface area contributed by atoms with Crippen LogP contribution in [-0.2, 0) is 6.42 Å². The Bertz CT molecular complexity index is 340. The van der Waals surface area contributed by atoms with E-state index in [0.717, 1.165) is 30.6 Å². The average molecular weight is 237 g/mol. The normalized spacial score (nSPS) is 12.2. The third-order valence-corrected chi connectivity index (χ3v) is 2.91. The van der Waals surface area contributed by atoms with Gasteiger partial charge in [-0.25, -0.2) is 15.8 Å². The number of hydrogen-bond acceptors (Lipinski definition) is 5. The standard InChI is InChI=1S/C12H23N5/c1-4-7-9(5-2)16-11-10(6-3)12(17-13)15-8-14-11/h8-9H,4-7,13H2,1-3H3,(H2,14,15,16,17). The van der Waals surface area contributed by atoms with Gasteiger partial charge in [0.15, 0.2) is 0 Å². The summed E-state index contributed by atoms with van der Waals surface area (Å²) in [6, 6.07) is 0.464. The third-order valence-electron chi connectivity index (χ3n) is 2.91. The number of aromatic nitrogens is 2. The molecule has 1 aromatic rings. The van der Waals surface area contributed by atoms with Gasteiger partial charge in [0.2, 0.25) is 0 Å². The monoisotopic (exact) mass is 237 g/mol. The van der Waals surface area contributed by atoms with E-state index in [1.54, 1.807) is 0 Å². The molecule has 0 aliphatic heterocycles. The molecule has 0 bridgehead atoms. The van der Waals surface area contributed by atoms with Crippen LogP contribution in [-0.4, -0.2) is 16.0 Å². The van der Waals surface area contributed by atoms with Gasteiger partial charge in [-0.05, 0) is 19.3 Å². The van der Waals surface area contributed by atoms with E-state index >= 15 is 0 Å². The van der Waals surface area contributed by atoms with Crippen molar-refractivity contribution in [2.24, 2.45) is 5.84 Å². The van der Waals surface area contributed by atoms with Crippen molar-refractivity contribution in [2.45, 2.75) is 52.5 Å². The van der Waals surface area contributed by atoms with Crippen molar-refractivity contribution < 1.29 is 0 Å². The molecule has 17 heavy (non-hydrogen) atoms. The first-order valence-corrected chi connectivity index (χ1v) is 6.33. The summed E-state index contributed by atoms with van der Waals surface area (Å²) in [5.74, 6) is 7.05. The molecule has 0 amide bonds. The summed E-state index contributed by atoms with van der Waals surface area (Å²) >= 11 is 0. The highest BCUT2D eigenvalue weighted by atomic mass is 15.3. The van der Waals surface area contributed by atoms with Gasteiger partial charge in [0.1, 0.15) is 18.0 Å². The molecule has 0 radical (unpaired) electrons. The zero-order valence-corrected chi connectivity index (χ0v) is 11.0. The van der Waals surface area contributed by atoms with Crippen molar-refractivity contribution in [1.82, 2.24) is 9.97 Å². The van der Waals surface area contributed by atoms with Gasteiger partial charge >= 0.3 is 0 Å². The van der Waals surface area contributed by atoms with Crippen LogP contribution in [0.3, 0.4) is 0 Å². The van der Waals surface area contributed by atoms with Gasteiger partial charge in [-0.2, -0.15) is 0 Å². The van der Waals surface area contributed by atoms with E-state index in [9.17, 15) is 0 Å². The van der Waals surface area contributed by atoms with Gasteiger partial charge in [-0.15, -0.1) is 0 Å². The van der Waals surface area contributed by atoms with Crippen molar-refractivity contribution >= 4 is 11.6 Å². The zero-order chi connectivity index (χ0) is 12.7. The van der Waals surface area contributed by atoms with E-state index in [1.165, 1.54) is 12.7 Å². The molecule has 1 heterocycles.